The van der Waals surface area contributed by atoms with Crippen molar-refractivity contribution in [3.63, 3.8) is 0 Å². The minimum absolute atomic E-state index is 0.0550. The van der Waals surface area contributed by atoms with E-state index in [-0.39, 0.29) is 10.8 Å². The molecule has 9 nitrogen and oxygen atoms in total. The Kier molecular flexibility index (Phi) is 4.76. The van der Waals surface area contributed by atoms with Gasteiger partial charge in [0.15, 0.2) is 15.7 Å². The molecule has 0 spiro atoms. The second-order valence-electron chi connectivity index (χ2n) is 5.84. The molecule has 0 saturated carbocycles. The molecule has 2 aromatic rings. The Labute approximate surface area is 140 Å². The number of anilines is 1. The van der Waals surface area contributed by atoms with Gasteiger partial charge in [0.2, 0.25) is 11.8 Å². The highest BCUT2D eigenvalue weighted by atomic mass is 32.2. The van der Waals surface area contributed by atoms with Crippen molar-refractivity contribution in [1.29, 1.82) is 0 Å². The number of hydrogen-bond donors (Lipinski definition) is 2. The minimum atomic E-state index is -3.38. The second kappa shape index (κ2) is 6.81. The maximum absolute atomic E-state index is 12.0. The molecule has 24 heavy (non-hydrogen) atoms. The van der Waals surface area contributed by atoms with E-state index < -0.39 is 9.84 Å². The Balaban J connectivity index is 1.85. The fraction of sp³-hybridized carbons (Fsp3) is 0.571. The zero-order valence-corrected chi connectivity index (χ0v) is 14.4. The summed E-state index contributed by atoms with van der Waals surface area (Å²) in [4.78, 5) is 12.9. The van der Waals surface area contributed by atoms with Gasteiger partial charge in [-0.05, 0) is 19.4 Å². The van der Waals surface area contributed by atoms with Gasteiger partial charge in [0.05, 0.1) is 18.4 Å². The van der Waals surface area contributed by atoms with Crippen LogP contribution >= 0.6 is 0 Å². The molecule has 1 unspecified atom stereocenters. The predicted octanol–water partition coefficient (Wildman–Crippen LogP) is 0.651. The summed E-state index contributed by atoms with van der Waals surface area (Å²) in [6, 6.07) is 0. The molecule has 1 fully saturated rings. The highest BCUT2D eigenvalue weighted by molar-refractivity contribution is 7.90. The molecule has 130 valence electrons. The summed E-state index contributed by atoms with van der Waals surface area (Å²) in [5.74, 6) is 1.38. The molecule has 2 N–H and O–H groups in total. The van der Waals surface area contributed by atoms with Crippen molar-refractivity contribution in [3.8, 4) is 0 Å². The first kappa shape index (κ1) is 16.8. The summed E-state index contributed by atoms with van der Waals surface area (Å²) in [6.07, 6.45) is 4.44. The molecule has 10 heteroatoms. The Morgan fingerprint density at radius 3 is 2.88 bits per heavy atom. The Hall–Kier alpha value is -2.07. The highest BCUT2D eigenvalue weighted by Gasteiger charge is 2.25. The average Bonchev–Trinajstić information content (AvgIpc) is 2.98. The van der Waals surface area contributed by atoms with Crippen molar-refractivity contribution in [2.24, 2.45) is 0 Å². The lowest BCUT2D eigenvalue weighted by atomic mass is 9.96. The normalized spacial score (nSPS) is 18.5. The number of sulfone groups is 1. The zero-order valence-electron chi connectivity index (χ0n) is 13.6. The van der Waals surface area contributed by atoms with Crippen LogP contribution in [0.5, 0.6) is 0 Å². The van der Waals surface area contributed by atoms with E-state index in [1.165, 1.54) is 12.5 Å². The Morgan fingerprint density at radius 2 is 2.25 bits per heavy atom. The van der Waals surface area contributed by atoms with E-state index in [0.717, 1.165) is 19.4 Å². The van der Waals surface area contributed by atoms with E-state index in [1.807, 2.05) is 0 Å². The minimum Gasteiger partial charge on any atom is -0.347 e. The van der Waals surface area contributed by atoms with Crippen LogP contribution in [-0.2, 0) is 16.4 Å². The summed E-state index contributed by atoms with van der Waals surface area (Å²) in [7, 11) is -3.38. The third-order valence-corrected chi connectivity index (χ3v) is 4.95. The largest absolute Gasteiger partial charge is 0.347 e. The quantitative estimate of drug-likeness (QED) is 0.798. The molecule has 1 aliphatic rings. The summed E-state index contributed by atoms with van der Waals surface area (Å²) >= 11 is 0. The van der Waals surface area contributed by atoms with Gasteiger partial charge in [-0.1, -0.05) is 5.16 Å². The molecule has 0 aromatic carbocycles. The first-order valence-electron chi connectivity index (χ1n) is 7.74. The van der Waals surface area contributed by atoms with Gasteiger partial charge in [0, 0.05) is 25.6 Å². The summed E-state index contributed by atoms with van der Waals surface area (Å²) in [5.41, 5.74) is 0.562. The summed E-state index contributed by atoms with van der Waals surface area (Å²) in [6.45, 7) is 3.67. The highest BCUT2D eigenvalue weighted by Crippen LogP contribution is 2.27. The number of hydrogen-bond acceptors (Lipinski definition) is 9. The van der Waals surface area contributed by atoms with Crippen molar-refractivity contribution in [3.05, 3.63) is 23.6 Å². The first-order chi connectivity index (χ1) is 11.4. The molecule has 0 bridgehead atoms. The van der Waals surface area contributed by atoms with E-state index in [1.54, 1.807) is 6.92 Å². The van der Waals surface area contributed by atoms with Crippen molar-refractivity contribution in [1.82, 2.24) is 25.4 Å². The molecule has 3 rings (SSSR count). The monoisotopic (exact) mass is 352 g/mol. The van der Waals surface area contributed by atoms with E-state index in [0.29, 0.717) is 36.4 Å². The molecule has 0 aliphatic carbocycles. The molecule has 1 saturated heterocycles. The SMILES string of the molecule is Cc1nc(CNc2ncc(S(C)(=O)=O)c(C3CCCNC3)n2)no1. The van der Waals surface area contributed by atoms with Crippen molar-refractivity contribution in [2.45, 2.75) is 37.1 Å². The third kappa shape index (κ3) is 3.88. The molecule has 0 radical (unpaired) electrons. The maximum Gasteiger partial charge on any atom is 0.223 e. The number of piperidine rings is 1. The predicted molar refractivity (Wildman–Crippen MR) is 86.3 cm³/mol. The van der Waals surface area contributed by atoms with Crippen LogP contribution in [0.3, 0.4) is 0 Å². The molecule has 1 atom stereocenters. The van der Waals surface area contributed by atoms with E-state index >= 15 is 0 Å². The van der Waals surface area contributed by atoms with Gasteiger partial charge in [0.25, 0.3) is 0 Å². The van der Waals surface area contributed by atoms with Crippen LogP contribution < -0.4 is 10.6 Å². The van der Waals surface area contributed by atoms with Gasteiger partial charge in [-0.2, -0.15) is 4.98 Å². The smallest absolute Gasteiger partial charge is 0.223 e. The van der Waals surface area contributed by atoms with Crippen LogP contribution in [-0.4, -0.2) is 47.9 Å². The molecule has 0 amide bonds. The van der Waals surface area contributed by atoms with Crippen molar-refractivity contribution in [2.75, 3.05) is 24.7 Å². The van der Waals surface area contributed by atoms with E-state index in [2.05, 4.69) is 30.7 Å². The topological polar surface area (TPSA) is 123 Å². The fourth-order valence-corrected chi connectivity index (χ4v) is 3.54. The Morgan fingerprint density at radius 1 is 1.42 bits per heavy atom. The first-order valence-corrected chi connectivity index (χ1v) is 9.63. The molecular formula is C14H20N6O3S. The van der Waals surface area contributed by atoms with Gasteiger partial charge < -0.3 is 15.2 Å². The van der Waals surface area contributed by atoms with Crippen LogP contribution in [0.4, 0.5) is 5.95 Å². The van der Waals surface area contributed by atoms with Crippen LogP contribution in [0.25, 0.3) is 0 Å². The molecule has 1 aliphatic heterocycles. The van der Waals surface area contributed by atoms with Crippen LogP contribution in [0.2, 0.25) is 0 Å². The van der Waals surface area contributed by atoms with Gasteiger partial charge >= 0.3 is 0 Å². The zero-order chi connectivity index (χ0) is 17.2. The molecular weight excluding hydrogens is 332 g/mol. The number of nitrogens with zero attached hydrogens (tertiary/aromatic N) is 4. The lowest BCUT2D eigenvalue weighted by molar-refractivity contribution is 0.388. The number of aryl methyl sites for hydroxylation is 1. The average molecular weight is 352 g/mol. The van der Waals surface area contributed by atoms with E-state index in [9.17, 15) is 8.42 Å². The van der Waals surface area contributed by atoms with Gasteiger partial charge in [-0.25, -0.2) is 18.4 Å². The van der Waals surface area contributed by atoms with Crippen molar-refractivity contribution >= 4 is 15.8 Å². The Bertz CT molecular complexity index is 814. The van der Waals surface area contributed by atoms with Crippen LogP contribution in [0.15, 0.2) is 15.6 Å². The maximum atomic E-state index is 12.0. The summed E-state index contributed by atoms with van der Waals surface area (Å²) < 4.78 is 29.0. The number of nitrogens with one attached hydrogen (secondary N) is 2. The van der Waals surface area contributed by atoms with Crippen LogP contribution in [0.1, 0.15) is 36.2 Å². The lowest BCUT2D eigenvalue weighted by Gasteiger charge is -2.24. The number of aromatic nitrogens is 4. The second-order valence-corrected chi connectivity index (χ2v) is 7.83. The van der Waals surface area contributed by atoms with E-state index in [4.69, 9.17) is 4.52 Å². The molecule has 2 aromatic heterocycles. The lowest BCUT2D eigenvalue weighted by Crippen LogP contribution is -2.30. The standard InChI is InChI=1S/C14H20N6O3S/c1-9-18-12(20-23-9)8-17-14-16-7-11(24(2,21)22)13(19-14)10-4-3-5-15-6-10/h7,10,15H,3-6,8H2,1-2H3,(H,16,17,19). The van der Waals surface area contributed by atoms with Crippen LogP contribution in [0, 0.1) is 6.92 Å². The fourth-order valence-electron chi connectivity index (χ4n) is 2.70. The number of rotatable bonds is 5. The van der Waals surface area contributed by atoms with Gasteiger partial charge in [-0.15, -0.1) is 0 Å². The summed E-state index contributed by atoms with van der Waals surface area (Å²) in [5, 5.41) is 10.1. The van der Waals surface area contributed by atoms with Gasteiger partial charge in [0.1, 0.15) is 4.90 Å². The van der Waals surface area contributed by atoms with Gasteiger partial charge in [-0.3, -0.25) is 0 Å². The molecule has 3 heterocycles. The third-order valence-electron chi connectivity index (χ3n) is 3.84. The van der Waals surface area contributed by atoms with Crippen molar-refractivity contribution < 1.29 is 12.9 Å².